The van der Waals surface area contributed by atoms with Crippen LogP contribution in [0.3, 0.4) is 0 Å². The van der Waals surface area contributed by atoms with Gasteiger partial charge in [0.1, 0.15) is 6.54 Å². The second kappa shape index (κ2) is 5.60. The van der Waals surface area contributed by atoms with Gasteiger partial charge in [0.15, 0.2) is 0 Å². The predicted molar refractivity (Wildman–Crippen MR) is 58.7 cm³/mol. The fourth-order valence-corrected chi connectivity index (χ4v) is 2.01. The van der Waals surface area contributed by atoms with Crippen molar-refractivity contribution in [1.82, 2.24) is 10.2 Å². The summed E-state index contributed by atoms with van der Waals surface area (Å²) in [5, 5.41) is 2.67. The van der Waals surface area contributed by atoms with E-state index in [4.69, 9.17) is 0 Å². The molecular formula is C11H19F3N2O. The summed E-state index contributed by atoms with van der Waals surface area (Å²) in [6.07, 6.45) is -0.553. The molecule has 0 bridgehead atoms. The van der Waals surface area contributed by atoms with Gasteiger partial charge >= 0.3 is 12.2 Å². The summed E-state index contributed by atoms with van der Waals surface area (Å²) in [7, 11) is 0. The van der Waals surface area contributed by atoms with Gasteiger partial charge in [-0.2, -0.15) is 13.2 Å². The van der Waals surface area contributed by atoms with E-state index in [1.165, 1.54) is 0 Å². The maximum absolute atomic E-state index is 12.3. The van der Waals surface area contributed by atoms with Crippen molar-refractivity contribution < 1.29 is 18.0 Å². The van der Waals surface area contributed by atoms with Crippen molar-refractivity contribution in [3.05, 3.63) is 0 Å². The minimum absolute atomic E-state index is 0.0389. The first-order valence-electron chi connectivity index (χ1n) is 5.93. The van der Waals surface area contributed by atoms with Gasteiger partial charge in [0.25, 0.3) is 0 Å². The molecule has 1 aliphatic rings. The number of hydrogen-bond acceptors (Lipinski definition) is 1. The zero-order valence-corrected chi connectivity index (χ0v) is 10.2. The Hall–Kier alpha value is -0.940. The molecule has 1 fully saturated rings. The van der Waals surface area contributed by atoms with E-state index >= 15 is 0 Å². The standard InChI is InChI=1S/C11H19F3N2O/c1-8(2)16(7-11(12,13)14)10(17)15-9-5-3-4-6-9/h8-9H,3-7H2,1-2H3,(H,15,17). The van der Waals surface area contributed by atoms with Crippen LogP contribution in [0.2, 0.25) is 0 Å². The van der Waals surface area contributed by atoms with Gasteiger partial charge < -0.3 is 10.2 Å². The third-order valence-electron chi connectivity index (χ3n) is 2.92. The van der Waals surface area contributed by atoms with Crippen molar-refractivity contribution in [3.63, 3.8) is 0 Å². The molecule has 100 valence electrons. The van der Waals surface area contributed by atoms with Crippen molar-refractivity contribution >= 4 is 6.03 Å². The van der Waals surface area contributed by atoms with Gasteiger partial charge in [-0.05, 0) is 26.7 Å². The molecule has 0 unspecified atom stereocenters. The molecule has 1 N–H and O–H groups in total. The zero-order valence-electron chi connectivity index (χ0n) is 10.2. The largest absolute Gasteiger partial charge is 0.406 e. The van der Waals surface area contributed by atoms with E-state index in [0.717, 1.165) is 30.6 Å². The molecule has 0 heterocycles. The number of urea groups is 1. The first-order valence-corrected chi connectivity index (χ1v) is 5.93. The molecule has 1 aliphatic carbocycles. The highest BCUT2D eigenvalue weighted by Crippen LogP contribution is 2.20. The molecule has 3 nitrogen and oxygen atoms in total. The van der Waals surface area contributed by atoms with Crippen LogP contribution in [0.1, 0.15) is 39.5 Å². The number of hydrogen-bond donors (Lipinski definition) is 1. The first-order chi connectivity index (χ1) is 7.79. The van der Waals surface area contributed by atoms with E-state index in [2.05, 4.69) is 5.32 Å². The van der Waals surface area contributed by atoms with E-state index in [1.807, 2.05) is 0 Å². The van der Waals surface area contributed by atoms with Crippen LogP contribution in [0.15, 0.2) is 0 Å². The Kier molecular flexibility index (Phi) is 4.65. The van der Waals surface area contributed by atoms with E-state index in [9.17, 15) is 18.0 Å². The molecule has 6 heteroatoms. The summed E-state index contributed by atoms with van der Waals surface area (Å²) in [5.41, 5.74) is 0. The molecule has 0 aromatic carbocycles. The van der Waals surface area contributed by atoms with Crippen molar-refractivity contribution in [2.75, 3.05) is 6.54 Å². The van der Waals surface area contributed by atoms with Crippen molar-refractivity contribution in [2.24, 2.45) is 0 Å². The number of alkyl halides is 3. The Morgan fingerprint density at radius 1 is 1.35 bits per heavy atom. The summed E-state index contributed by atoms with van der Waals surface area (Å²) in [4.78, 5) is 12.6. The van der Waals surface area contributed by atoms with Crippen LogP contribution in [-0.4, -0.2) is 35.7 Å². The van der Waals surface area contributed by atoms with Gasteiger partial charge in [-0.1, -0.05) is 12.8 Å². The number of rotatable bonds is 3. The average molecular weight is 252 g/mol. The van der Waals surface area contributed by atoms with Crippen LogP contribution >= 0.6 is 0 Å². The number of carbonyl (C=O) groups is 1. The van der Waals surface area contributed by atoms with E-state index < -0.39 is 24.8 Å². The van der Waals surface area contributed by atoms with Gasteiger partial charge in [0.2, 0.25) is 0 Å². The normalized spacial score (nSPS) is 17.5. The molecule has 0 aliphatic heterocycles. The predicted octanol–water partition coefficient (Wildman–Crippen LogP) is 2.91. The van der Waals surface area contributed by atoms with Gasteiger partial charge in [0, 0.05) is 12.1 Å². The summed E-state index contributed by atoms with van der Waals surface area (Å²) in [6.45, 7) is 1.98. The topological polar surface area (TPSA) is 32.3 Å². The second-order valence-electron chi connectivity index (χ2n) is 4.77. The van der Waals surface area contributed by atoms with Crippen LogP contribution in [-0.2, 0) is 0 Å². The van der Waals surface area contributed by atoms with Gasteiger partial charge in [0.05, 0.1) is 0 Å². The molecule has 0 spiro atoms. The lowest BCUT2D eigenvalue weighted by Gasteiger charge is -2.29. The Morgan fingerprint density at radius 3 is 2.29 bits per heavy atom. The van der Waals surface area contributed by atoms with Crippen LogP contribution in [0.4, 0.5) is 18.0 Å². The fourth-order valence-electron chi connectivity index (χ4n) is 2.01. The minimum Gasteiger partial charge on any atom is -0.335 e. The number of carbonyl (C=O) groups excluding carboxylic acids is 1. The lowest BCUT2D eigenvalue weighted by molar-refractivity contribution is -0.142. The second-order valence-corrected chi connectivity index (χ2v) is 4.77. The van der Waals surface area contributed by atoms with Crippen LogP contribution < -0.4 is 5.32 Å². The number of halogens is 3. The van der Waals surface area contributed by atoms with Gasteiger partial charge in [-0.3, -0.25) is 0 Å². The van der Waals surface area contributed by atoms with Crippen LogP contribution in [0.5, 0.6) is 0 Å². The molecule has 17 heavy (non-hydrogen) atoms. The van der Waals surface area contributed by atoms with Crippen molar-refractivity contribution in [2.45, 2.75) is 57.8 Å². The molecule has 0 radical (unpaired) electrons. The molecule has 0 aromatic rings. The highest BCUT2D eigenvalue weighted by molar-refractivity contribution is 5.74. The minimum atomic E-state index is -4.35. The Bertz CT molecular complexity index is 260. The zero-order chi connectivity index (χ0) is 13.1. The molecule has 2 amide bonds. The quantitative estimate of drug-likeness (QED) is 0.823. The molecule has 1 saturated carbocycles. The molecular weight excluding hydrogens is 233 g/mol. The van der Waals surface area contributed by atoms with Crippen molar-refractivity contribution in [3.8, 4) is 0 Å². The molecule has 0 saturated heterocycles. The third kappa shape index (κ3) is 4.83. The summed E-state index contributed by atoms with van der Waals surface area (Å²) in [6, 6.07) is -1.03. The third-order valence-corrected chi connectivity index (χ3v) is 2.92. The first kappa shape index (κ1) is 14.1. The lowest BCUT2D eigenvalue weighted by atomic mass is 10.2. The van der Waals surface area contributed by atoms with E-state index in [0.29, 0.717) is 0 Å². The summed E-state index contributed by atoms with van der Waals surface area (Å²) >= 11 is 0. The Balaban J connectivity index is 2.54. The number of nitrogens with zero attached hydrogens (tertiary/aromatic N) is 1. The molecule has 1 rings (SSSR count). The highest BCUT2D eigenvalue weighted by Gasteiger charge is 2.34. The van der Waals surface area contributed by atoms with Crippen LogP contribution in [0, 0.1) is 0 Å². The number of nitrogens with one attached hydrogen (secondary N) is 1. The maximum atomic E-state index is 12.3. The molecule has 0 atom stereocenters. The van der Waals surface area contributed by atoms with E-state index in [1.54, 1.807) is 13.8 Å². The summed E-state index contributed by atoms with van der Waals surface area (Å²) < 4.78 is 37.0. The lowest BCUT2D eigenvalue weighted by Crippen LogP contribution is -2.50. The van der Waals surface area contributed by atoms with Crippen molar-refractivity contribution in [1.29, 1.82) is 0 Å². The SMILES string of the molecule is CC(C)N(CC(F)(F)F)C(=O)NC1CCCC1. The van der Waals surface area contributed by atoms with Gasteiger partial charge in [-0.25, -0.2) is 4.79 Å². The number of amides is 2. The summed E-state index contributed by atoms with van der Waals surface area (Å²) in [5.74, 6) is 0. The van der Waals surface area contributed by atoms with E-state index in [-0.39, 0.29) is 6.04 Å². The maximum Gasteiger partial charge on any atom is 0.406 e. The highest BCUT2D eigenvalue weighted by atomic mass is 19.4. The smallest absolute Gasteiger partial charge is 0.335 e. The van der Waals surface area contributed by atoms with Crippen LogP contribution in [0.25, 0.3) is 0 Å². The monoisotopic (exact) mass is 252 g/mol. The fraction of sp³-hybridized carbons (Fsp3) is 0.909. The Morgan fingerprint density at radius 2 is 1.88 bits per heavy atom. The van der Waals surface area contributed by atoms with Gasteiger partial charge in [-0.15, -0.1) is 0 Å². The average Bonchev–Trinajstić information content (AvgIpc) is 2.64. The molecule has 0 aromatic heterocycles. The Labute approximate surface area is 99.4 Å².